The first kappa shape index (κ1) is 36.1. The van der Waals surface area contributed by atoms with Gasteiger partial charge in [-0.05, 0) is 146 Å². The number of aliphatic carboxylic acids is 1. The number of carboxylic acids is 1. The Hall–Kier alpha value is -1.67. The van der Waals surface area contributed by atoms with E-state index in [4.69, 9.17) is 5.73 Å². The molecular formula is C40H60F4N2O2. The van der Waals surface area contributed by atoms with Crippen molar-refractivity contribution in [2.24, 2.45) is 62.4 Å². The summed E-state index contributed by atoms with van der Waals surface area (Å²) in [4.78, 5) is 11.9. The molecule has 0 radical (unpaired) electrons. The zero-order valence-electron chi connectivity index (χ0n) is 30.2. The summed E-state index contributed by atoms with van der Waals surface area (Å²) in [5, 5.41) is 13.0. The molecular weight excluding hydrogens is 616 g/mol. The molecule has 4 saturated carbocycles. The standard InChI is InChI=1S/C40H60F4N2O2/c1-24(2)26-12-19-39(46-31(22-45)40(42,43)44)21-20-36(6)28(32(26)39)8-9-30-35(5)15-13-27(34(3,4)29(35)14-16-37(30,36)7)25-10-17-38(23-41,18-11-25)33(47)48/h10,13,26,28-32,46H,1,8-9,11-12,14-23,45H2,2-7H3,(H,47,48). The Morgan fingerprint density at radius 3 is 2.25 bits per heavy atom. The van der Waals surface area contributed by atoms with E-state index in [1.807, 2.05) is 6.08 Å². The van der Waals surface area contributed by atoms with Gasteiger partial charge in [0.2, 0.25) is 0 Å². The second-order valence-electron chi connectivity index (χ2n) is 18.5. The minimum absolute atomic E-state index is 0.000781. The highest BCUT2D eigenvalue weighted by Crippen LogP contribution is 2.76. The van der Waals surface area contributed by atoms with Crippen molar-refractivity contribution in [1.29, 1.82) is 0 Å². The fourth-order valence-corrected chi connectivity index (χ4v) is 13.7. The number of carbonyl (C=O) groups is 1. The second-order valence-corrected chi connectivity index (χ2v) is 18.5. The highest BCUT2D eigenvalue weighted by atomic mass is 19.4. The first-order chi connectivity index (χ1) is 22.3. The molecule has 4 fully saturated rings. The van der Waals surface area contributed by atoms with E-state index in [1.54, 1.807) is 0 Å². The van der Waals surface area contributed by atoms with Gasteiger partial charge in [-0.2, -0.15) is 13.2 Å². The van der Waals surface area contributed by atoms with Crippen molar-refractivity contribution in [2.75, 3.05) is 13.2 Å². The molecule has 270 valence electrons. The van der Waals surface area contributed by atoms with Crippen molar-refractivity contribution in [2.45, 2.75) is 136 Å². The van der Waals surface area contributed by atoms with Crippen molar-refractivity contribution < 1.29 is 27.5 Å². The van der Waals surface area contributed by atoms with Crippen LogP contribution in [0.3, 0.4) is 0 Å². The van der Waals surface area contributed by atoms with Crippen LogP contribution in [0.15, 0.2) is 35.5 Å². The number of rotatable bonds is 7. The zero-order chi connectivity index (χ0) is 35.3. The third-order valence-corrected chi connectivity index (χ3v) is 16.4. The molecule has 0 aromatic carbocycles. The van der Waals surface area contributed by atoms with Crippen LogP contribution in [0, 0.1) is 56.7 Å². The van der Waals surface area contributed by atoms with E-state index in [9.17, 15) is 27.5 Å². The third-order valence-electron chi connectivity index (χ3n) is 16.4. The predicted octanol–water partition coefficient (Wildman–Crippen LogP) is 9.56. The topological polar surface area (TPSA) is 75.3 Å². The van der Waals surface area contributed by atoms with Crippen molar-refractivity contribution in [3.05, 3.63) is 35.5 Å². The number of nitrogens with two attached hydrogens (primary N) is 1. The lowest BCUT2D eigenvalue weighted by molar-refractivity contribution is -0.225. The van der Waals surface area contributed by atoms with Crippen LogP contribution >= 0.6 is 0 Å². The smallest absolute Gasteiger partial charge is 0.405 e. The van der Waals surface area contributed by atoms with E-state index in [0.29, 0.717) is 30.6 Å². The molecule has 11 atom stereocenters. The number of halogens is 4. The van der Waals surface area contributed by atoms with Crippen LogP contribution in [0.1, 0.15) is 119 Å². The number of hydrogen-bond donors (Lipinski definition) is 3. The largest absolute Gasteiger partial charge is 0.481 e. The average Bonchev–Trinajstić information content (AvgIpc) is 3.39. The Bertz CT molecular complexity index is 1390. The molecule has 4 N–H and O–H groups in total. The van der Waals surface area contributed by atoms with E-state index < -0.39 is 42.4 Å². The molecule has 4 nitrogen and oxygen atoms in total. The summed E-state index contributed by atoms with van der Waals surface area (Å²) in [5.41, 5.74) is 7.54. The fraction of sp³-hybridized carbons (Fsp3) is 0.825. The van der Waals surface area contributed by atoms with Gasteiger partial charge in [-0.25, -0.2) is 4.39 Å². The maximum atomic E-state index is 14.2. The number of nitrogens with one attached hydrogen (secondary N) is 1. The van der Waals surface area contributed by atoms with E-state index in [-0.39, 0.29) is 39.9 Å². The Balaban J connectivity index is 1.32. The molecule has 11 unspecified atom stereocenters. The molecule has 0 heterocycles. The van der Waals surface area contributed by atoms with Crippen molar-refractivity contribution in [3.8, 4) is 0 Å². The molecule has 8 heteroatoms. The molecule has 0 amide bonds. The lowest BCUT2D eigenvalue weighted by atomic mass is 9.33. The van der Waals surface area contributed by atoms with Gasteiger partial charge in [0.05, 0.1) is 5.41 Å². The summed E-state index contributed by atoms with van der Waals surface area (Å²) in [5.74, 6) is 0.543. The second kappa shape index (κ2) is 11.7. The van der Waals surface area contributed by atoms with Gasteiger partial charge in [-0.15, -0.1) is 0 Å². The molecule has 0 aromatic rings. The SMILES string of the molecule is C=C(C)C1CCC2(NC(CN)C(F)(F)F)CCC3(C)C(CCC4C5(C)CC=C(C6=CCC(CF)(C(=O)O)CC6)C(C)(C)C5CCC43C)C12. The van der Waals surface area contributed by atoms with Crippen LogP contribution in [0.4, 0.5) is 17.6 Å². The number of hydrogen-bond acceptors (Lipinski definition) is 3. The van der Waals surface area contributed by atoms with E-state index in [2.05, 4.69) is 59.5 Å². The summed E-state index contributed by atoms with van der Waals surface area (Å²) in [6, 6.07) is -1.70. The zero-order valence-corrected chi connectivity index (χ0v) is 30.2. The Morgan fingerprint density at radius 2 is 1.69 bits per heavy atom. The van der Waals surface area contributed by atoms with E-state index in [0.717, 1.165) is 63.4 Å². The quantitative estimate of drug-likeness (QED) is 0.186. The maximum absolute atomic E-state index is 14.2. The minimum Gasteiger partial charge on any atom is -0.481 e. The molecule has 0 saturated heterocycles. The van der Waals surface area contributed by atoms with Crippen LogP contribution in [0.5, 0.6) is 0 Å². The number of alkyl halides is 4. The van der Waals surface area contributed by atoms with Crippen LogP contribution in [-0.2, 0) is 4.79 Å². The summed E-state index contributed by atoms with van der Waals surface area (Å²) in [7, 11) is 0. The molecule has 6 rings (SSSR count). The van der Waals surface area contributed by atoms with Crippen molar-refractivity contribution in [1.82, 2.24) is 5.32 Å². The third kappa shape index (κ3) is 4.98. The highest BCUT2D eigenvalue weighted by Gasteiger charge is 2.71. The predicted molar refractivity (Wildman–Crippen MR) is 183 cm³/mol. The van der Waals surface area contributed by atoms with Gasteiger partial charge in [0.1, 0.15) is 12.7 Å². The Labute approximate surface area is 285 Å². The molecule has 6 aliphatic rings. The monoisotopic (exact) mass is 676 g/mol. The van der Waals surface area contributed by atoms with Crippen molar-refractivity contribution >= 4 is 5.97 Å². The molecule has 0 spiro atoms. The number of carboxylic acid groups (broad SMARTS) is 1. The lowest BCUT2D eigenvalue weighted by Crippen LogP contribution is -2.69. The lowest BCUT2D eigenvalue weighted by Gasteiger charge is -2.72. The van der Waals surface area contributed by atoms with Gasteiger partial charge in [0.15, 0.2) is 0 Å². The molecule has 48 heavy (non-hydrogen) atoms. The van der Waals surface area contributed by atoms with Gasteiger partial charge < -0.3 is 10.8 Å². The minimum atomic E-state index is -4.38. The number of allylic oxidation sites excluding steroid dienone is 5. The summed E-state index contributed by atoms with van der Waals surface area (Å²) in [6.45, 7) is 17.5. The highest BCUT2D eigenvalue weighted by molar-refractivity contribution is 5.75. The van der Waals surface area contributed by atoms with Gasteiger partial charge in [0.25, 0.3) is 0 Å². The number of fused-ring (bicyclic) bond motifs is 7. The molecule has 0 aromatic heterocycles. The summed E-state index contributed by atoms with van der Waals surface area (Å²) < 4.78 is 56.4. The Morgan fingerprint density at radius 1 is 0.979 bits per heavy atom. The first-order valence-corrected chi connectivity index (χ1v) is 18.7. The first-order valence-electron chi connectivity index (χ1n) is 18.7. The summed E-state index contributed by atoms with van der Waals surface area (Å²) >= 11 is 0. The Kier molecular flexibility index (Phi) is 8.79. The molecule has 0 aliphatic heterocycles. The van der Waals surface area contributed by atoms with Crippen molar-refractivity contribution in [3.63, 3.8) is 0 Å². The van der Waals surface area contributed by atoms with Gasteiger partial charge in [0, 0.05) is 12.1 Å². The fourth-order valence-electron chi connectivity index (χ4n) is 13.7. The normalized spacial score (nSPS) is 45.9. The van der Waals surface area contributed by atoms with E-state index in [1.165, 1.54) is 11.1 Å². The summed E-state index contributed by atoms with van der Waals surface area (Å²) in [6.07, 6.45) is 9.79. The van der Waals surface area contributed by atoms with Crippen LogP contribution in [0.25, 0.3) is 0 Å². The van der Waals surface area contributed by atoms with E-state index >= 15 is 0 Å². The van der Waals surface area contributed by atoms with Gasteiger partial charge in [-0.3, -0.25) is 10.1 Å². The molecule has 0 bridgehead atoms. The van der Waals surface area contributed by atoms with Gasteiger partial charge >= 0.3 is 12.1 Å². The molecule has 6 aliphatic carbocycles. The van der Waals surface area contributed by atoms with Crippen LogP contribution < -0.4 is 11.1 Å². The maximum Gasteiger partial charge on any atom is 0.405 e. The van der Waals surface area contributed by atoms with Crippen LogP contribution in [0.2, 0.25) is 0 Å². The average molecular weight is 677 g/mol. The van der Waals surface area contributed by atoms with Crippen LogP contribution in [-0.4, -0.2) is 42.1 Å². The van der Waals surface area contributed by atoms with Gasteiger partial charge in [-0.1, -0.05) is 58.9 Å².